The minimum Gasteiger partial charge on any atom is -0.481 e. The van der Waals surface area contributed by atoms with Crippen LogP contribution in [0, 0.1) is 6.92 Å². The van der Waals surface area contributed by atoms with E-state index < -0.39 is 0 Å². The molecular formula is C15H16N4OS. The first-order valence-electron chi connectivity index (χ1n) is 6.60. The molecule has 0 spiro atoms. The van der Waals surface area contributed by atoms with Gasteiger partial charge in [0.15, 0.2) is 0 Å². The van der Waals surface area contributed by atoms with Crippen molar-refractivity contribution < 1.29 is 4.74 Å². The highest BCUT2D eigenvalue weighted by atomic mass is 32.2. The summed E-state index contributed by atoms with van der Waals surface area (Å²) in [5.41, 5.74) is 3.18. The minimum absolute atomic E-state index is 0.494. The number of methoxy groups -OCH3 is 1. The Morgan fingerprint density at radius 2 is 2.10 bits per heavy atom. The number of ether oxygens (including phenoxy) is 1. The van der Waals surface area contributed by atoms with Crippen LogP contribution in [0.1, 0.15) is 11.3 Å². The molecule has 2 aromatic rings. The summed E-state index contributed by atoms with van der Waals surface area (Å²) in [6, 6.07) is 11.9. The first-order valence-corrected chi connectivity index (χ1v) is 7.42. The van der Waals surface area contributed by atoms with Crippen molar-refractivity contribution in [2.75, 3.05) is 12.4 Å². The van der Waals surface area contributed by atoms with Gasteiger partial charge in [-0.15, -0.1) is 0 Å². The van der Waals surface area contributed by atoms with Gasteiger partial charge < -0.3 is 10.1 Å². The first kappa shape index (κ1) is 13.8. The molecule has 2 heterocycles. The zero-order valence-corrected chi connectivity index (χ0v) is 12.7. The number of guanidine groups is 1. The summed E-state index contributed by atoms with van der Waals surface area (Å²) >= 11 is 1.57. The average molecular weight is 300 g/mol. The van der Waals surface area contributed by atoms with Crippen molar-refractivity contribution in [3.63, 3.8) is 0 Å². The molecule has 0 aliphatic carbocycles. The van der Waals surface area contributed by atoms with E-state index >= 15 is 0 Å². The molecule has 3 rings (SSSR count). The van der Waals surface area contributed by atoms with Crippen molar-refractivity contribution in [1.29, 1.82) is 0 Å². The van der Waals surface area contributed by atoms with Gasteiger partial charge in [0, 0.05) is 6.07 Å². The summed E-state index contributed by atoms with van der Waals surface area (Å²) < 4.78 is 8.31. The Balaban J connectivity index is 1.75. The van der Waals surface area contributed by atoms with Gasteiger partial charge in [-0.05, 0) is 36.6 Å². The predicted molar refractivity (Wildman–Crippen MR) is 85.7 cm³/mol. The van der Waals surface area contributed by atoms with E-state index in [0.29, 0.717) is 12.4 Å². The number of aromatic nitrogens is 1. The van der Waals surface area contributed by atoms with E-state index in [-0.39, 0.29) is 0 Å². The summed E-state index contributed by atoms with van der Waals surface area (Å²) in [6.07, 6.45) is 0. The SMILES string of the molecule is COc1cccc(CN=C2NSc3cccc(C)c3N2)n1. The van der Waals surface area contributed by atoms with Crippen molar-refractivity contribution in [2.45, 2.75) is 18.4 Å². The maximum absolute atomic E-state index is 5.11. The van der Waals surface area contributed by atoms with E-state index in [1.807, 2.05) is 24.3 Å². The number of hydrogen-bond acceptors (Lipinski definition) is 4. The fourth-order valence-electron chi connectivity index (χ4n) is 2.02. The van der Waals surface area contributed by atoms with Crippen LogP contribution in [-0.4, -0.2) is 18.1 Å². The number of para-hydroxylation sites is 1. The number of nitrogens with one attached hydrogen (secondary N) is 2. The molecule has 6 heteroatoms. The van der Waals surface area contributed by atoms with Crippen LogP contribution in [-0.2, 0) is 6.54 Å². The highest BCUT2D eigenvalue weighted by molar-refractivity contribution is 7.98. The lowest BCUT2D eigenvalue weighted by Gasteiger charge is -2.21. The number of pyridine rings is 1. The van der Waals surface area contributed by atoms with E-state index in [1.165, 1.54) is 10.5 Å². The summed E-state index contributed by atoms with van der Waals surface area (Å²) in [7, 11) is 1.61. The van der Waals surface area contributed by atoms with Gasteiger partial charge in [0.1, 0.15) is 0 Å². The van der Waals surface area contributed by atoms with Crippen LogP contribution in [0.4, 0.5) is 5.69 Å². The second kappa shape index (κ2) is 6.05. The summed E-state index contributed by atoms with van der Waals surface area (Å²) in [4.78, 5) is 10.0. The highest BCUT2D eigenvalue weighted by Gasteiger charge is 2.14. The molecule has 0 saturated heterocycles. The summed E-state index contributed by atoms with van der Waals surface area (Å²) in [5, 5.41) is 3.32. The summed E-state index contributed by atoms with van der Waals surface area (Å²) in [6.45, 7) is 2.58. The van der Waals surface area contributed by atoms with Crippen molar-refractivity contribution in [2.24, 2.45) is 4.99 Å². The molecule has 0 atom stereocenters. The normalized spacial score (nSPS) is 15.0. The molecule has 1 aromatic carbocycles. The maximum Gasteiger partial charge on any atom is 0.213 e. The maximum atomic E-state index is 5.11. The first-order chi connectivity index (χ1) is 10.3. The number of anilines is 1. The van der Waals surface area contributed by atoms with E-state index in [9.17, 15) is 0 Å². The standard InChI is InChI=1S/C15H16N4OS/c1-10-5-3-7-12-14(10)18-15(19-21-12)16-9-11-6-4-8-13(17-11)20-2/h3-8H,9H2,1-2H3,(H2,16,18,19). The number of aliphatic imine (C=N–C) groups is 1. The number of rotatable bonds is 3. The lowest BCUT2D eigenvalue weighted by Crippen LogP contribution is -2.29. The third-order valence-corrected chi connectivity index (χ3v) is 3.98. The van der Waals surface area contributed by atoms with E-state index in [0.717, 1.165) is 17.3 Å². The molecule has 108 valence electrons. The van der Waals surface area contributed by atoms with Gasteiger partial charge >= 0.3 is 0 Å². The van der Waals surface area contributed by atoms with Crippen LogP contribution < -0.4 is 14.8 Å². The Morgan fingerprint density at radius 1 is 1.24 bits per heavy atom. The van der Waals surface area contributed by atoms with Gasteiger partial charge in [-0.1, -0.05) is 18.2 Å². The van der Waals surface area contributed by atoms with Crippen LogP contribution in [0.3, 0.4) is 0 Å². The van der Waals surface area contributed by atoms with Crippen LogP contribution in [0.2, 0.25) is 0 Å². The minimum atomic E-state index is 0.494. The molecule has 21 heavy (non-hydrogen) atoms. The van der Waals surface area contributed by atoms with Crippen molar-refractivity contribution >= 4 is 23.6 Å². The Hall–Kier alpha value is -2.21. The lowest BCUT2D eigenvalue weighted by molar-refractivity contribution is 0.396. The van der Waals surface area contributed by atoms with Gasteiger partial charge in [-0.3, -0.25) is 4.72 Å². The number of nitrogens with zero attached hydrogens (tertiary/aromatic N) is 2. The molecule has 1 aromatic heterocycles. The zero-order chi connectivity index (χ0) is 14.7. The molecule has 0 amide bonds. The second-order valence-electron chi connectivity index (χ2n) is 4.61. The average Bonchev–Trinajstić information content (AvgIpc) is 2.54. The summed E-state index contributed by atoms with van der Waals surface area (Å²) in [5.74, 6) is 1.35. The number of aryl methyl sites for hydroxylation is 1. The second-order valence-corrected chi connectivity index (χ2v) is 5.46. The number of fused-ring (bicyclic) bond motifs is 1. The van der Waals surface area contributed by atoms with Gasteiger partial charge in [-0.2, -0.15) is 0 Å². The fourth-order valence-corrected chi connectivity index (χ4v) is 2.81. The molecule has 2 N–H and O–H groups in total. The molecule has 0 radical (unpaired) electrons. The Kier molecular flexibility index (Phi) is 3.96. The molecule has 0 fully saturated rings. The molecule has 0 bridgehead atoms. The topological polar surface area (TPSA) is 58.5 Å². The quantitative estimate of drug-likeness (QED) is 0.853. The molecule has 1 aliphatic rings. The zero-order valence-electron chi connectivity index (χ0n) is 11.9. The Labute approximate surface area is 128 Å². The van der Waals surface area contributed by atoms with Gasteiger partial charge in [0.2, 0.25) is 11.8 Å². The molecule has 1 aliphatic heterocycles. The van der Waals surface area contributed by atoms with Crippen molar-refractivity contribution in [3.8, 4) is 5.88 Å². The molecule has 0 saturated carbocycles. The molecular weight excluding hydrogens is 284 g/mol. The van der Waals surface area contributed by atoms with Gasteiger partial charge in [-0.25, -0.2) is 9.98 Å². The lowest BCUT2D eigenvalue weighted by atomic mass is 10.2. The third kappa shape index (κ3) is 3.11. The van der Waals surface area contributed by atoms with Crippen LogP contribution >= 0.6 is 11.9 Å². The van der Waals surface area contributed by atoms with Crippen molar-refractivity contribution in [3.05, 3.63) is 47.7 Å². The number of benzene rings is 1. The third-order valence-electron chi connectivity index (χ3n) is 3.13. The van der Waals surface area contributed by atoms with Crippen LogP contribution in [0.15, 0.2) is 46.3 Å². The predicted octanol–water partition coefficient (Wildman–Crippen LogP) is 2.98. The van der Waals surface area contributed by atoms with E-state index in [1.54, 1.807) is 19.1 Å². The van der Waals surface area contributed by atoms with E-state index in [2.05, 4.69) is 39.1 Å². The van der Waals surface area contributed by atoms with Crippen LogP contribution in [0.25, 0.3) is 0 Å². The largest absolute Gasteiger partial charge is 0.481 e. The Bertz CT molecular complexity index is 687. The Morgan fingerprint density at radius 3 is 2.95 bits per heavy atom. The fraction of sp³-hybridized carbons (Fsp3) is 0.200. The van der Waals surface area contributed by atoms with Crippen LogP contribution in [0.5, 0.6) is 5.88 Å². The van der Waals surface area contributed by atoms with Crippen molar-refractivity contribution in [1.82, 2.24) is 9.71 Å². The van der Waals surface area contributed by atoms with Gasteiger partial charge in [0.25, 0.3) is 0 Å². The monoisotopic (exact) mass is 300 g/mol. The molecule has 0 unspecified atom stereocenters. The molecule has 5 nitrogen and oxygen atoms in total. The number of hydrogen-bond donors (Lipinski definition) is 2. The van der Waals surface area contributed by atoms with Gasteiger partial charge in [0.05, 0.1) is 29.9 Å². The highest BCUT2D eigenvalue weighted by Crippen LogP contribution is 2.31. The van der Waals surface area contributed by atoms with E-state index in [4.69, 9.17) is 4.74 Å². The smallest absolute Gasteiger partial charge is 0.213 e.